The van der Waals surface area contributed by atoms with Crippen LogP contribution in [-0.4, -0.2) is 45.9 Å². The lowest BCUT2D eigenvalue weighted by molar-refractivity contribution is -0.139. The summed E-state index contributed by atoms with van der Waals surface area (Å²) in [5, 5.41) is 1.76. The highest BCUT2D eigenvalue weighted by Crippen LogP contribution is 2.03. The first-order valence-corrected chi connectivity index (χ1v) is 5.81. The minimum Gasteiger partial charge on any atom is -0.468 e. The minimum absolute atomic E-state index is 0.105. The summed E-state index contributed by atoms with van der Waals surface area (Å²) in [7, 11) is -2.43. The Bertz CT molecular complexity index is 310. The normalized spacial score (nSPS) is 19.9. The molecule has 1 aliphatic heterocycles. The predicted octanol–water partition coefficient (Wildman–Crippen LogP) is -1.56. The second kappa shape index (κ2) is 4.24. The summed E-state index contributed by atoms with van der Waals surface area (Å²) in [5.41, 5.74) is 0. The zero-order valence-electron chi connectivity index (χ0n) is 8.11. The molecule has 0 radical (unpaired) electrons. The Labute approximate surface area is 83.1 Å². The molecule has 1 unspecified atom stereocenters. The van der Waals surface area contributed by atoms with Crippen LogP contribution in [0.3, 0.4) is 0 Å². The lowest BCUT2D eigenvalue weighted by atomic mass is 10.2. The lowest BCUT2D eigenvalue weighted by Gasteiger charge is -2.28. The molecule has 1 saturated heterocycles. The number of carbonyl (C=O) groups excluding carboxylic acids is 1. The van der Waals surface area contributed by atoms with Crippen molar-refractivity contribution in [1.82, 2.24) is 10.0 Å². The van der Waals surface area contributed by atoms with Gasteiger partial charge in [0, 0.05) is 19.1 Å². The van der Waals surface area contributed by atoms with Crippen LogP contribution >= 0.6 is 0 Å². The zero-order chi connectivity index (χ0) is 10.8. The second-order valence-corrected chi connectivity index (χ2v) is 5.22. The van der Waals surface area contributed by atoms with Gasteiger partial charge in [0.25, 0.3) is 0 Å². The summed E-state index contributed by atoms with van der Waals surface area (Å²) in [6.07, 6.45) is 0. The molecule has 82 valence electrons. The van der Waals surface area contributed by atoms with E-state index in [4.69, 9.17) is 0 Å². The number of esters is 1. The summed E-state index contributed by atoms with van der Waals surface area (Å²) < 4.78 is 29.8. The van der Waals surface area contributed by atoms with Crippen LogP contribution in [0.4, 0.5) is 0 Å². The van der Waals surface area contributed by atoms with Gasteiger partial charge in [-0.25, -0.2) is 13.1 Å². The van der Waals surface area contributed by atoms with E-state index in [0.717, 1.165) is 0 Å². The number of carbonyl (C=O) groups is 1. The molecular formula is C7H14N2O4S. The van der Waals surface area contributed by atoms with E-state index in [1.165, 1.54) is 14.0 Å². The summed E-state index contributed by atoms with van der Waals surface area (Å²) in [6.45, 7) is 2.51. The van der Waals surface area contributed by atoms with E-state index in [2.05, 4.69) is 14.8 Å². The van der Waals surface area contributed by atoms with Gasteiger partial charge in [-0.2, -0.15) is 0 Å². The molecule has 1 heterocycles. The third-order valence-corrected chi connectivity index (χ3v) is 3.90. The Kier molecular flexibility index (Phi) is 3.46. The van der Waals surface area contributed by atoms with Gasteiger partial charge >= 0.3 is 5.97 Å². The second-order valence-electron chi connectivity index (χ2n) is 3.18. The molecule has 0 saturated carbocycles. The fraction of sp³-hybridized carbons (Fsp3) is 0.857. The standard InChI is InChI=1S/C7H14N2O4S/c1-5(7(10)13-2)14(11,12)9-6-3-8-4-6/h5-6,8-9H,3-4H2,1-2H3. The molecule has 1 rings (SSSR count). The van der Waals surface area contributed by atoms with Gasteiger partial charge in [-0.3, -0.25) is 4.79 Å². The van der Waals surface area contributed by atoms with Crippen LogP contribution in [0.1, 0.15) is 6.92 Å². The molecule has 1 fully saturated rings. The SMILES string of the molecule is COC(=O)C(C)S(=O)(=O)NC1CNC1. The van der Waals surface area contributed by atoms with Crippen LogP contribution in [0.15, 0.2) is 0 Å². The zero-order valence-corrected chi connectivity index (χ0v) is 8.93. The number of ether oxygens (including phenoxy) is 1. The first-order chi connectivity index (χ1) is 6.47. The number of nitrogens with one attached hydrogen (secondary N) is 2. The smallest absolute Gasteiger partial charge is 0.325 e. The fourth-order valence-corrected chi connectivity index (χ4v) is 2.18. The van der Waals surface area contributed by atoms with E-state index >= 15 is 0 Å². The van der Waals surface area contributed by atoms with Gasteiger partial charge in [-0.15, -0.1) is 0 Å². The van der Waals surface area contributed by atoms with E-state index in [1.54, 1.807) is 0 Å². The molecule has 0 aromatic carbocycles. The Balaban J connectivity index is 2.58. The molecule has 1 atom stereocenters. The maximum Gasteiger partial charge on any atom is 0.325 e. The van der Waals surface area contributed by atoms with Crippen molar-refractivity contribution in [1.29, 1.82) is 0 Å². The maximum atomic E-state index is 11.5. The van der Waals surface area contributed by atoms with Crippen molar-refractivity contribution in [2.24, 2.45) is 0 Å². The van der Waals surface area contributed by atoms with Crippen LogP contribution < -0.4 is 10.0 Å². The quantitative estimate of drug-likeness (QED) is 0.562. The number of hydrogen-bond donors (Lipinski definition) is 2. The number of hydrogen-bond acceptors (Lipinski definition) is 5. The summed E-state index contributed by atoms with van der Waals surface area (Å²) in [6, 6.07) is -0.105. The van der Waals surface area contributed by atoms with Gasteiger partial charge in [-0.1, -0.05) is 0 Å². The highest BCUT2D eigenvalue weighted by atomic mass is 32.2. The molecule has 7 heteroatoms. The first-order valence-electron chi connectivity index (χ1n) is 4.27. The monoisotopic (exact) mass is 222 g/mol. The van der Waals surface area contributed by atoms with E-state index in [-0.39, 0.29) is 6.04 Å². The van der Waals surface area contributed by atoms with E-state index in [9.17, 15) is 13.2 Å². The Morgan fingerprint density at radius 3 is 2.50 bits per heavy atom. The summed E-state index contributed by atoms with van der Waals surface area (Å²) in [4.78, 5) is 11.0. The summed E-state index contributed by atoms with van der Waals surface area (Å²) in [5.74, 6) is -0.746. The molecular weight excluding hydrogens is 208 g/mol. The highest BCUT2D eigenvalue weighted by Gasteiger charge is 2.32. The van der Waals surface area contributed by atoms with Crippen molar-refractivity contribution in [2.45, 2.75) is 18.2 Å². The third kappa shape index (κ3) is 2.43. The molecule has 0 spiro atoms. The molecule has 14 heavy (non-hydrogen) atoms. The van der Waals surface area contributed by atoms with Gasteiger partial charge in [0.05, 0.1) is 7.11 Å². The van der Waals surface area contributed by atoms with Gasteiger partial charge in [-0.05, 0) is 6.92 Å². The topological polar surface area (TPSA) is 84.5 Å². The largest absolute Gasteiger partial charge is 0.468 e. The number of methoxy groups -OCH3 is 1. The van der Waals surface area contributed by atoms with Crippen molar-refractivity contribution >= 4 is 16.0 Å². The van der Waals surface area contributed by atoms with Gasteiger partial charge in [0.15, 0.2) is 5.25 Å². The van der Waals surface area contributed by atoms with Crippen molar-refractivity contribution < 1.29 is 17.9 Å². The van der Waals surface area contributed by atoms with Gasteiger partial charge in [0.1, 0.15) is 0 Å². The predicted molar refractivity (Wildman–Crippen MR) is 50.2 cm³/mol. The molecule has 0 amide bonds. The molecule has 0 aromatic heterocycles. The van der Waals surface area contributed by atoms with Crippen LogP contribution in [0, 0.1) is 0 Å². The lowest BCUT2D eigenvalue weighted by Crippen LogP contribution is -2.58. The molecule has 6 nitrogen and oxygen atoms in total. The van der Waals surface area contributed by atoms with E-state index in [0.29, 0.717) is 13.1 Å². The molecule has 1 aliphatic rings. The van der Waals surface area contributed by atoms with E-state index < -0.39 is 21.2 Å². The van der Waals surface area contributed by atoms with Crippen LogP contribution in [0.25, 0.3) is 0 Å². The maximum absolute atomic E-state index is 11.5. The van der Waals surface area contributed by atoms with Crippen molar-refractivity contribution in [3.8, 4) is 0 Å². The fourth-order valence-electron chi connectivity index (χ4n) is 0.999. The van der Waals surface area contributed by atoms with Crippen LogP contribution in [0.2, 0.25) is 0 Å². The molecule has 2 N–H and O–H groups in total. The third-order valence-electron chi connectivity index (χ3n) is 2.11. The van der Waals surface area contributed by atoms with Crippen LogP contribution in [0.5, 0.6) is 0 Å². The number of rotatable bonds is 4. The molecule has 0 aliphatic carbocycles. The van der Waals surface area contributed by atoms with Crippen molar-refractivity contribution in [2.75, 3.05) is 20.2 Å². The molecule has 0 bridgehead atoms. The minimum atomic E-state index is -3.60. The Hall–Kier alpha value is -0.660. The van der Waals surface area contributed by atoms with Gasteiger partial charge < -0.3 is 10.1 Å². The average molecular weight is 222 g/mol. The molecule has 0 aromatic rings. The first kappa shape index (κ1) is 11.4. The number of sulfonamides is 1. The highest BCUT2D eigenvalue weighted by molar-refractivity contribution is 7.90. The Morgan fingerprint density at radius 1 is 1.57 bits per heavy atom. The van der Waals surface area contributed by atoms with Crippen molar-refractivity contribution in [3.63, 3.8) is 0 Å². The van der Waals surface area contributed by atoms with Crippen LogP contribution in [-0.2, 0) is 19.6 Å². The average Bonchev–Trinajstić information content (AvgIpc) is 2.09. The van der Waals surface area contributed by atoms with E-state index in [1.807, 2.05) is 0 Å². The van der Waals surface area contributed by atoms with Crippen molar-refractivity contribution in [3.05, 3.63) is 0 Å². The van der Waals surface area contributed by atoms with Gasteiger partial charge in [0.2, 0.25) is 10.0 Å². The summed E-state index contributed by atoms with van der Waals surface area (Å²) >= 11 is 0. The Morgan fingerprint density at radius 2 is 2.14 bits per heavy atom.